The van der Waals surface area contributed by atoms with Gasteiger partial charge in [0, 0.05) is 24.2 Å². The summed E-state index contributed by atoms with van der Waals surface area (Å²) < 4.78 is 11.9. The van der Waals surface area contributed by atoms with E-state index in [1.54, 1.807) is 4.90 Å². The van der Waals surface area contributed by atoms with Crippen molar-refractivity contribution >= 4 is 24.3 Å². The Labute approximate surface area is 185 Å². The van der Waals surface area contributed by atoms with Crippen LogP contribution >= 0.6 is 0 Å². The summed E-state index contributed by atoms with van der Waals surface area (Å²) in [6, 6.07) is 20.0. The second-order valence-electron chi connectivity index (χ2n) is 8.79. The van der Waals surface area contributed by atoms with Crippen LogP contribution in [0, 0.1) is 5.92 Å². The first-order valence-electron chi connectivity index (χ1n) is 10.8. The average molecular weight is 421 g/mol. The summed E-state index contributed by atoms with van der Waals surface area (Å²) in [4.78, 5) is 18.4. The van der Waals surface area contributed by atoms with Gasteiger partial charge in [-0.3, -0.25) is 4.99 Å². The van der Waals surface area contributed by atoms with E-state index in [1.165, 1.54) is 0 Å². The zero-order valence-corrected chi connectivity index (χ0v) is 18.7. The quantitative estimate of drug-likeness (QED) is 0.333. The predicted octanol–water partition coefficient (Wildman–Crippen LogP) is 5.88. The highest BCUT2D eigenvalue weighted by atomic mass is 16.6. The van der Waals surface area contributed by atoms with Crippen LogP contribution < -0.4 is 0 Å². The fourth-order valence-corrected chi connectivity index (χ4v) is 3.58. The lowest BCUT2D eigenvalue weighted by Gasteiger charge is -2.33. The Kier molecular flexibility index (Phi) is 7.50. The highest BCUT2D eigenvalue weighted by Gasteiger charge is 2.27. The van der Waals surface area contributed by atoms with E-state index in [0.717, 1.165) is 35.4 Å². The summed E-state index contributed by atoms with van der Waals surface area (Å²) in [6.07, 6.45) is 1.52. The van der Waals surface area contributed by atoms with Crippen LogP contribution in [0.25, 0.3) is 11.5 Å². The van der Waals surface area contributed by atoms with Crippen molar-refractivity contribution in [2.75, 3.05) is 19.7 Å². The number of aliphatic imine (C=N–C) groups is 1. The molecule has 0 saturated carbocycles. The molecular formula is C26H32N2O3. The molecule has 31 heavy (non-hydrogen) atoms. The SMILES string of the molecule is C=N/C(=C(\OCC1CCN(C(=O)OC(C)(C)C)CC1)c1ccccc1)c1ccccc1. The summed E-state index contributed by atoms with van der Waals surface area (Å²) in [5.41, 5.74) is 2.20. The van der Waals surface area contributed by atoms with Crippen LogP contribution in [0.5, 0.6) is 0 Å². The Morgan fingerprint density at radius 2 is 1.55 bits per heavy atom. The summed E-state index contributed by atoms with van der Waals surface area (Å²) in [7, 11) is 0. The van der Waals surface area contributed by atoms with Crippen molar-refractivity contribution in [2.45, 2.75) is 39.2 Å². The first kappa shape index (κ1) is 22.6. The molecule has 1 amide bonds. The van der Waals surface area contributed by atoms with E-state index in [-0.39, 0.29) is 6.09 Å². The molecule has 0 bridgehead atoms. The van der Waals surface area contributed by atoms with Crippen LogP contribution in [0.3, 0.4) is 0 Å². The first-order chi connectivity index (χ1) is 14.9. The summed E-state index contributed by atoms with van der Waals surface area (Å²) in [6.45, 7) is 11.4. The summed E-state index contributed by atoms with van der Waals surface area (Å²) >= 11 is 0. The monoisotopic (exact) mass is 420 g/mol. The molecule has 0 atom stereocenters. The van der Waals surface area contributed by atoms with Gasteiger partial charge in [0.2, 0.25) is 0 Å². The molecule has 1 heterocycles. The minimum Gasteiger partial charge on any atom is -0.490 e. The number of carbonyl (C=O) groups excluding carboxylic acids is 1. The number of benzene rings is 2. The van der Waals surface area contributed by atoms with Gasteiger partial charge in [-0.2, -0.15) is 0 Å². The van der Waals surface area contributed by atoms with Crippen molar-refractivity contribution in [1.29, 1.82) is 0 Å². The van der Waals surface area contributed by atoms with Crippen molar-refractivity contribution in [2.24, 2.45) is 10.9 Å². The van der Waals surface area contributed by atoms with Crippen molar-refractivity contribution in [3.8, 4) is 0 Å². The number of nitrogens with zero attached hydrogens (tertiary/aromatic N) is 2. The van der Waals surface area contributed by atoms with Gasteiger partial charge in [-0.05, 0) is 46.2 Å². The van der Waals surface area contributed by atoms with Crippen molar-refractivity contribution in [1.82, 2.24) is 4.90 Å². The van der Waals surface area contributed by atoms with Crippen molar-refractivity contribution in [3.05, 3.63) is 71.8 Å². The van der Waals surface area contributed by atoms with E-state index in [2.05, 4.69) is 11.7 Å². The van der Waals surface area contributed by atoms with E-state index in [4.69, 9.17) is 9.47 Å². The van der Waals surface area contributed by atoms with Gasteiger partial charge in [-0.15, -0.1) is 0 Å². The lowest BCUT2D eigenvalue weighted by molar-refractivity contribution is 0.0159. The largest absolute Gasteiger partial charge is 0.490 e. The minimum absolute atomic E-state index is 0.237. The van der Waals surface area contributed by atoms with Crippen LogP contribution in [0.15, 0.2) is 65.7 Å². The molecule has 0 unspecified atom stereocenters. The van der Waals surface area contributed by atoms with Crippen LogP contribution in [0.2, 0.25) is 0 Å². The molecule has 164 valence electrons. The molecule has 0 aromatic heterocycles. The van der Waals surface area contributed by atoms with E-state index in [1.807, 2.05) is 81.4 Å². The Morgan fingerprint density at radius 3 is 2.06 bits per heavy atom. The van der Waals surface area contributed by atoms with Gasteiger partial charge in [0.15, 0.2) is 5.76 Å². The number of likely N-dealkylation sites (tertiary alicyclic amines) is 1. The van der Waals surface area contributed by atoms with Gasteiger partial charge in [-0.25, -0.2) is 4.79 Å². The van der Waals surface area contributed by atoms with Crippen molar-refractivity contribution in [3.63, 3.8) is 0 Å². The Balaban J connectivity index is 1.69. The molecule has 5 heteroatoms. The second-order valence-corrected chi connectivity index (χ2v) is 8.79. The molecular weight excluding hydrogens is 388 g/mol. The van der Waals surface area contributed by atoms with Gasteiger partial charge < -0.3 is 14.4 Å². The Hall–Kier alpha value is -3.08. The lowest BCUT2D eigenvalue weighted by atomic mass is 9.98. The lowest BCUT2D eigenvalue weighted by Crippen LogP contribution is -2.42. The van der Waals surface area contributed by atoms with Gasteiger partial charge in [0.25, 0.3) is 0 Å². The maximum Gasteiger partial charge on any atom is 0.410 e. The molecule has 2 aromatic rings. The highest BCUT2D eigenvalue weighted by Crippen LogP contribution is 2.30. The predicted molar refractivity (Wildman–Crippen MR) is 126 cm³/mol. The summed E-state index contributed by atoms with van der Waals surface area (Å²) in [5, 5.41) is 0. The Bertz CT molecular complexity index is 893. The second kappa shape index (κ2) is 10.3. The molecule has 1 aliphatic heterocycles. The maximum atomic E-state index is 12.3. The Morgan fingerprint density at radius 1 is 1.00 bits per heavy atom. The number of rotatable bonds is 6. The van der Waals surface area contributed by atoms with Crippen LogP contribution in [-0.2, 0) is 9.47 Å². The molecule has 5 nitrogen and oxygen atoms in total. The maximum absolute atomic E-state index is 12.3. The molecule has 0 radical (unpaired) electrons. The van der Waals surface area contributed by atoms with Crippen LogP contribution in [0.4, 0.5) is 4.79 Å². The smallest absolute Gasteiger partial charge is 0.410 e. The number of hydrogen-bond acceptors (Lipinski definition) is 4. The molecule has 1 saturated heterocycles. The topological polar surface area (TPSA) is 51.1 Å². The molecule has 0 N–H and O–H groups in total. The fourth-order valence-electron chi connectivity index (χ4n) is 3.58. The minimum atomic E-state index is -0.474. The molecule has 1 aliphatic rings. The number of carbonyl (C=O) groups is 1. The number of amides is 1. The third kappa shape index (κ3) is 6.45. The van der Waals surface area contributed by atoms with Crippen LogP contribution in [-0.4, -0.2) is 43.0 Å². The number of ether oxygens (including phenoxy) is 2. The van der Waals surface area contributed by atoms with Gasteiger partial charge in [0.05, 0.1) is 6.61 Å². The van der Waals surface area contributed by atoms with Crippen molar-refractivity contribution < 1.29 is 14.3 Å². The van der Waals surface area contributed by atoms with E-state index in [9.17, 15) is 4.79 Å². The standard InChI is InChI=1S/C26H32N2O3/c1-26(2,3)31-25(29)28-17-15-20(16-18-28)19-30-24(22-13-9-6-10-14-22)23(27-4)21-11-7-5-8-12-21/h5-14,20H,4,15-19H2,1-3H3/b24-23-. The zero-order chi connectivity index (χ0) is 22.3. The molecule has 3 rings (SSSR count). The third-order valence-electron chi connectivity index (χ3n) is 5.19. The molecule has 1 fully saturated rings. The third-order valence-corrected chi connectivity index (χ3v) is 5.19. The van der Waals surface area contributed by atoms with Gasteiger partial charge in [0.1, 0.15) is 11.3 Å². The number of piperidine rings is 1. The van der Waals surface area contributed by atoms with E-state index in [0.29, 0.717) is 25.6 Å². The van der Waals surface area contributed by atoms with Gasteiger partial charge >= 0.3 is 6.09 Å². The van der Waals surface area contributed by atoms with E-state index < -0.39 is 5.60 Å². The highest BCUT2D eigenvalue weighted by molar-refractivity contribution is 5.88. The van der Waals surface area contributed by atoms with Crippen LogP contribution in [0.1, 0.15) is 44.7 Å². The van der Waals surface area contributed by atoms with E-state index >= 15 is 0 Å². The molecule has 0 aliphatic carbocycles. The average Bonchev–Trinajstić information content (AvgIpc) is 2.77. The first-order valence-corrected chi connectivity index (χ1v) is 10.8. The summed E-state index contributed by atoms with van der Waals surface area (Å²) in [5.74, 6) is 1.09. The number of hydrogen-bond donors (Lipinski definition) is 0. The fraction of sp³-hybridized carbons (Fsp3) is 0.385. The molecule has 0 spiro atoms. The zero-order valence-electron chi connectivity index (χ0n) is 18.7. The molecule has 2 aromatic carbocycles. The normalized spacial score (nSPS) is 15.8. The van der Waals surface area contributed by atoms with Gasteiger partial charge in [-0.1, -0.05) is 60.7 Å².